The highest BCUT2D eigenvalue weighted by Gasteiger charge is 2.35. The summed E-state index contributed by atoms with van der Waals surface area (Å²) in [7, 11) is -4.44. The zero-order valence-electron chi connectivity index (χ0n) is 9.05. The molecule has 0 radical (unpaired) electrons. The maximum Gasteiger partial charge on any atom is 0.514 e. The van der Waals surface area contributed by atoms with E-state index in [9.17, 15) is 8.76 Å². The average Bonchev–Trinajstić information content (AvgIpc) is 1.43. The number of hydrogen-bond acceptors (Lipinski definition) is 3. The number of hydrogen-bond donors (Lipinski definition) is 0. The van der Waals surface area contributed by atoms with E-state index in [1.165, 1.54) is 0 Å². The zero-order chi connectivity index (χ0) is 10.9. The minimum absolute atomic E-state index is 0.810. The predicted octanol–water partition coefficient (Wildman–Crippen LogP) is 3.69. The van der Waals surface area contributed by atoms with Crippen molar-refractivity contribution in [3.63, 3.8) is 0 Å². The van der Waals surface area contributed by atoms with Crippen molar-refractivity contribution in [2.75, 3.05) is 0 Å². The van der Waals surface area contributed by atoms with Gasteiger partial charge in [-0.2, -0.15) is 0 Å². The van der Waals surface area contributed by atoms with Crippen molar-refractivity contribution in [3.8, 4) is 0 Å². The summed E-state index contributed by atoms with van der Waals surface area (Å²) in [6, 6.07) is 0. The summed E-state index contributed by atoms with van der Waals surface area (Å²) >= 11 is 0. The average molecular weight is 212 g/mol. The molecule has 0 aliphatic heterocycles. The van der Waals surface area contributed by atoms with Crippen molar-refractivity contribution in [1.29, 1.82) is 0 Å². The summed E-state index contributed by atoms with van der Waals surface area (Å²) < 4.78 is 33.7. The molecular weight excluding hydrogens is 194 g/mol. The highest BCUT2D eigenvalue weighted by Crippen LogP contribution is 2.55. The molecular formula is C8H18FO3P. The molecule has 0 rings (SSSR count). The van der Waals surface area contributed by atoms with Gasteiger partial charge in [0.1, 0.15) is 0 Å². The van der Waals surface area contributed by atoms with Crippen LogP contribution in [0.25, 0.3) is 0 Å². The van der Waals surface area contributed by atoms with Crippen LogP contribution in [0.1, 0.15) is 41.5 Å². The second-order valence-corrected chi connectivity index (χ2v) is 6.06. The Morgan fingerprint density at radius 3 is 1.31 bits per heavy atom. The summed E-state index contributed by atoms with van der Waals surface area (Å²) in [4.78, 5) is 0. The second kappa shape index (κ2) is 3.68. The van der Waals surface area contributed by atoms with Crippen LogP contribution in [-0.4, -0.2) is 11.2 Å². The van der Waals surface area contributed by atoms with Crippen molar-refractivity contribution < 1.29 is 17.8 Å². The lowest BCUT2D eigenvalue weighted by Gasteiger charge is -2.26. The van der Waals surface area contributed by atoms with Crippen LogP contribution >= 0.6 is 7.91 Å². The van der Waals surface area contributed by atoms with Gasteiger partial charge in [0.05, 0.1) is 11.2 Å². The van der Waals surface area contributed by atoms with Crippen LogP contribution in [0.3, 0.4) is 0 Å². The van der Waals surface area contributed by atoms with Gasteiger partial charge < -0.3 is 0 Å². The largest absolute Gasteiger partial charge is 0.514 e. The molecule has 0 aliphatic rings. The Labute approximate surface area is 79.3 Å². The van der Waals surface area contributed by atoms with E-state index < -0.39 is 19.1 Å². The highest BCUT2D eigenvalue weighted by molar-refractivity contribution is 7.48. The summed E-state index contributed by atoms with van der Waals surface area (Å²) in [5.41, 5.74) is -1.62. The minimum atomic E-state index is -4.44. The summed E-state index contributed by atoms with van der Waals surface area (Å²) in [6.45, 7) is 9.70. The van der Waals surface area contributed by atoms with Crippen molar-refractivity contribution in [3.05, 3.63) is 0 Å². The quantitative estimate of drug-likeness (QED) is 0.655. The zero-order valence-corrected chi connectivity index (χ0v) is 9.94. The van der Waals surface area contributed by atoms with Crippen molar-refractivity contribution in [2.24, 2.45) is 0 Å². The smallest absolute Gasteiger partial charge is 0.278 e. The Morgan fingerprint density at radius 2 is 1.15 bits per heavy atom. The second-order valence-electron chi connectivity index (χ2n) is 4.84. The minimum Gasteiger partial charge on any atom is -0.278 e. The lowest BCUT2D eigenvalue weighted by molar-refractivity contribution is 0.0319. The van der Waals surface area contributed by atoms with Gasteiger partial charge in [-0.1, -0.05) is 0 Å². The van der Waals surface area contributed by atoms with Gasteiger partial charge >= 0.3 is 7.91 Å². The first-order chi connectivity index (χ1) is 5.41. The first-order valence-corrected chi connectivity index (χ1v) is 5.56. The van der Waals surface area contributed by atoms with E-state index in [-0.39, 0.29) is 0 Å². The lowest BCUT2D eigenvalue weighted by atomic mass is 10.2. The van der Waals surface area contributed by atoms with E-state index in [2.05, 4.69) is 9.05 Å². The fourth-order valence-electron chi connectivity index (χ4n) is 0.673. The predicted molar refractivity (Wildman–Crippen MR) is 50.4 cm³/mol. The van der Waals surface area contributed by atoms with E-state index in [1.807, 2.05) is 0 Å². The van der Waals surface area contributed by atoms with Gasteiger partial charge in [0.15, 0.2) is 0 Å². The fraction of sp³-hybridized carbons (Fsp3) is 1.00. The molecule has 3 nitrogen and oxygen atoms in total. The Balaban J connectivity index is 4.35. The molecule has 80 valence electrons. The first kappa shape index (κ1) is 13.1. The third kappa shape index (κ3) is 8.41. The molecule has 0 aromatic heterocycles. The van der Waals surface area contributed by atoms with Gasteiger partial charge in [-0.3, -0.25) is 9.05 Å². The van der Waals surface area contributed by atoms with Crippen molar-refractivity contribution >= 4 is 7.91 Å². The lowest BCUT2D eigenvalue weighted by Crippen LogP contribution is -2.22. The SMILES string of the molecule is CC(C)(C)OP(=O)(F)OC(C)(C)C. The molecule has 5 heteroatoms. The Kier molecular flexibility index (Phi) is 3.70. The molecule has 0 amide bonds. The maximum atomic E-state index is 13.2. The van der Waals surface area contributed by atoms with Crippen LogP contribution in [0.15, 0.2) is 0 Å². The standard InChI is InChI=1S/C8H18FO3P/c1-7(2,3)11-13(9,10)12-8(4,5)6/h1-6H3. The van der Waals surface area contributed by atoms with Crippen molar-refractivity contribution in [2.45, 2.75) is 52.7 Å². The number of rotatable bonds is 2. The third-order valence-corrected chi connectivity index (χ3v) is 2.30. The van der Waals surface area contributed by atoms with Crippen LogP contribution < -0.4 is 0 Å². The molecule has 0 spiro atoms. The van der Waals surface area contributed by atoms with Crippen LogP contribution in [0.4, 0.5) is 4.20 Å². The third-order valence-electron chi connectivity index (χ3n) is 0.766. The van der Waals surface area contributed by atoms with Gasteiger partial charge in [0, 0.05) is 0 Å². The molecule has 0 aromatic rings. The van der Waals surface area contributed by atoms with E-state index in [0.717, 1.165) is 0 Å². The van der Waals surface area contributed by atoms with Gasteiger partial charge in [0.2, 0.25) is 0 Å². The molecule has 0 fully saturated rings. The van der Waals surface area contributed by atoms with Crippen LogP contribution in [-0.2, 0) is 13.6 Å². The highest BCUT2D eigenvalue weighted by atomic mass is 31.2. The van der Waals surface area contributed by atoms with Crippen LogP contribution in [0.2, 0.25) is 0 Å². The molecule has 0 atom stereocenters. The van der Waals surface area contributed by atoms with Gasteiger partial charge in [-0.05, 0) is 41.5 Å². The summed E-state index contributed by atoms with van der Waals surface area (Å²) in [5.74, 6) is 0. The van der Waals surface area contributed by atoms with E-state index >= 15 is 0 Å². The summed E-state index contributed by atoms with van der Waals surface area (Å²) in [6.07, 6.45) is 0. The first-order valence-electron chi connectivity index (χ1n) is 4.13. The summed E-state index contributed by atoms with van der Waals surface area (Å²) in [5, 5.41) is 0. The Hall–Kier alpha value is 0.0800. The van der Waals surface area contributed by atoms with E-state index in [4.69, 9.17) is 0 Å². The van der Waals surface area contributed by atoms with Gasteiger partial charge in [0.25, 0.3) is 0 Å². The Morgan fingerprint density at radius 1 is 0.923 bits per heavy atom. The molecule has 0 unspecified atom stereocenters. The van der Waals surface area contributed by atoms with Crippen LogP contribution in [0, 0.1) is 0 Å². The number of halogens is 1. The van der Waals surface area contributed by atoms with Gasteiger partial charge in [-0.15, -0.1) is 4.20 Å². The molecule has 0 saturated carbocycles. The van der Waals surface area contributed by atoms with Gasteiger partial charge in [-0.25, -0.2) is 4.57 Å². The monoisotopic (exact) mass is 212 g/mol. The molecule has 0 heterocycles. The normalized spacial score (nSPS) is 14.7. The maximum absolute atomic E-state index is 13.2. The molecule has 0 N–H and O–H groups in total. The topological polar surface area (TPSA) is 35.5 Å². The Bertz CT molecular complexity index is 194. The van der Waals surface area contributed by atoms with Crippen LogP contribution in [0.5, 0.6) is 0 Å². The molecule has 0 aromatic carbocycles. The molecule has 13 heavy (non-hydrogen) atoms. The van der Waals surface area contributed by atoms with Crippen molar-refractivity contribution in [1.82, 2.24) is 0 Å². The molecule has 0 saturated heterocycles. The fourth-order valence-corrected chi connectivity index (χ4v) is 2.02. The van der Waals surface area contributed by atoms with E-state index in [0.29, 0.717) is 0 Å². The molecule has 0 bridgehead atoms. The molecule has 0 aliphatic carbocycles. The van der Waals surface area contributed by atoms with E-state index in [1.54, 1.807) is 41.5 Å².